The number of fused-ring (bicyclic) bond motifs is 1. The number of aromatic nitrogens is 3. The smallest absolute Gasteiger partial charge is 0.184 e. The molecule has 0 saturated carbocycles. The molecule has 0 atom stereocenters. The third kappa shape index (κ3) is 3.86. The van der Waals surface area contributed by atoms with Gasteiger partial charge in [-0.05, 0) is 12.1 Å². The van der Waals surface area contributed by atoms with Crippen molar-refractivity contribution in [3.63, 3.8) is 0 Å². The summed E-state index contributed by atoms with van der Waals surface area (Å²) < 4.78 is 11.6. The van der Waals surface area contributed by atoms with Crippen molar-refractivity contribution in [1.82, 2.24) is 19.9 Å². The number of anilines is 1. The highest BCUT2D eigenvalue weighted by Crippen LogP contribution is 2.39. The SMILES string of the molecule is c1ccc(-c2ncnc(CN3CCN(c4cccc5c4OCCO5)CC3)n2)cc1. The summed E-state index contributed by atoms with van der Waals surface area (Å²) in [4.78, 5) is 18.1. The number of benzene rings is 2. The predicted molar refractivity (Wildman–Crippen MR) is 110 cm³/mol. The molecule has 0 amide bonds. The summed E-state index contributed by atoms with van der Waals surface area (Å²) in [6.45, 7) is 5.68. The van der Waals surface area contributed by atoms with Crippen molar-refractivity contribution in [2.75, 3.05) is 44.3 Å². The van der Waals surface area contributed by atoms with Crippen molar-refractivity contribution in [2.24, 2.45) is 0 Å². The van der Waals surface area contributed by atoms with Gasteiger partial charge in [-0.25, -0.2) is 15.0 Å². The molecule has 5 rings (SSSR count). The van der Waals surface area contributed by atoms with E-state index in [9.17, 15) is 0 Å². The van der Waals surface area contributed by atoms with Gasteiger partial charge in [0.25, 0.3) is 0 Å². The van der Waals surface area contributed by atoms with Gasteiger partial charge in [0, 0.05) is 31.7 Å². The van der Waals surface area contributed by atoms with Gasteiger partial charge >= 0.3 is 0 Å². The predicted octanol–water partition coefficient (Wildman–Crippen LogP) is 2.63. The summed E-state index contributed by atoms with van der Waals surface area (Å²) in [5, 5.41) is 0. The second-order valence-electron chi connectivity index (χ2n) is 7.16. The van der Waals surface area contributed by atoms with E-state index in [1.54, 1.807) is 6.33 Å². The number of ether oxygens (including phenoxy) is 2. The van der Waals surface area contributed by atoms with E-state index in [0.29, 0.717) is 13.2 Å². The van der Waals surface area contributed by atoms with Crippen molar-refractivity contribution in [3.8, 4) is 22.9 Å². The van der Waals surface area contributed by atoms with E-state index in [-0.39, 0.29) is 0 Å². The lowest BCUT2D eigenvalue weighted by Crippen LogP contribution is -2.46. The molecule has 1 aromatic heterocycles. The summed E-state index contributed by atoms with van der Waals surface area (Å²) in [6, 6.07) is 16.1. The van der Waals surface area contributed by atoms with Gasteiger partial charge in [0.15, 0.2) is 17.3 Å². The maximum atomic E-state index is 5.88. The Kier molecular flexibility index (Phi) is 4.96. The normalized spacial score (nSPS) is 16.6. The average Bonchev–Trinajstić information content (AvgIpc) is 2.80. The number of hydrogen-bond acceptors (Lipinski definition) is 7. The van der Waals surface area contributed by atoms with Crippen LogP contribution in [0.4, 0.5) is 5.69 Å². The molecule has 29 heavy (non-hydrogen) atoms. The van der Waals surface area contributed by atoms with Crippen LogP contribution >= 0.6 is 0 Å². The largest absolute Gasteiger partial charge is 0.486 e. The van der Waals surface area contributed by atoms with E-state index < -0.39 is 0 Å². The molecule has 0 unspecified atom stereocenters. The highest BCUT2D eigenvalue weighted by Gasteiger charge is 2.24. The lowest BCUT2D eigenvalue weighted by Gasteiger charge is -2.37. The minimum absolute atomic E-state index is 0.604. The molecule has 1 fully saturated rings. The Morgan fingerprint density at radius 2 is 1.66 bits per heavy atom. The van der Waals surface area contributed by atoms with Crippen LogP contribution < -0.4 is 14.4 Å². The highest BCUT2D eigenvalue weighted by atomic mass is 16.6. The Bertz CT molecular complexity index is 974. The fourth-order valence-electron chi connectivity index (χ4n) is 3.79. The first-order valence-electron chi connectivity index (χ1n) is 9.96. The zero-order valence-electron chi connectivity index (χ0n) is 16.2. The molecule has 3 aromatic rings. The fourth-order valence-corrected chi connectivity index (χ4v) is 3.79. The number of nitrogens with zero attached hydrogens (tertiary/aromatic N) is 5. The van der Waals surface area contributed by atoms with Crippen LogP contribution in [-0.4, -0.2) is 59.2 Å². The van der Waals surface area contributed by atoms with E-state index in [4.69, 9.17) is 9.47 Å². The quantitative estimate of drug-likeness (QED) is 0.680. The fraction of sp³-hybridized carbons (Fsp3) is 0.318. The maximum Gasteiger partial charge on any atom is 0.184 e. The van der Waals surface area contributed by atoms with Crippen LogP contribution in [0.15, 0.2) is 54.9 Å². The Morgan fingerprint density at radius 1 is 0.828 bits per heavy atom. The van der Waals surface area contributed by atoms with E-state index in [2.05, 4.69) is 30.8 Å². The molecule has 2 aromatic carbocycles. The Hall–Kier alpha value is -3.19. The third-order valence-corrected chi connectivity index (χ3v) is 5.28. The van der Waals surface area contributed by atoms with Crippen molar-refractivity contribution in [2.45, 2.75) is 6.54 Å². The Labute approximate surface area is 169 Å². The molecular formula is C22H23N5O2. The molecule has 148 valence electrons. The second-order valence-corrected chi connectivity index (χ2v) is 7.16. The molecular weight excluding hydrogens is 366 g/mol. The number of rotatable bonds is 4. The van der Waals surface area contributed by atoms with Gasteiger partial charge in [0.2, 0.25) is 0 Å². The maximum absolute atomic E-state index is 5.88. The van der Waals surface area contributed by atoms with Crippen molar-refractivity contribution in [3.05, 3.63) is 60.7 Å². The summed E-state index contributed by atoms with van der Waals surface area (Å²) >= 11 is 0. The first kappa shape index (κ1) is 17.9. The van der Waals surface area contributed by atoms with Gasteiger partial charge in [0.05, 0.1) is 12.2 Å². The number of piperazine rings is 1. The van der Waals surface area contributed by atoms with Crippen molar-refractivity contribution >= 4 is 5.69 Å². The van der Waals surface area contributed by atoms with Crippen molar-refractivity contribution in [1.29, 1.82) is 0 Å². The van der Waals surface area contributed by atoms with Crippen LogP contribution in [0.3, 0.4) is 0 Å². The monoisotopic (exact) mass is 389 g/mol. The summed E-state index contributed by atoms with van der Waals surface area (Å²) in [7, 11) is 0. The third-order valence-electron chi connectivity index (χ3n) is 5.28. The number of hydrogen-bond donors (Lipinski definition) is 0. The molecule has 0 radical (unpaired) electrons. The lowest BCUT2D eigenvalue weighted by molar-refractivity contribution is 0.171. The van der Waals surface area contributed by atoms with Crippen LogP contribution in [0.5, 0.6) is 11.5 Å². The molecule has 7 nitrogen and oxygen atoms in total. The molecule has 0 spiro atoms. The zero-order chi connectivity index (χ0) is 19.5. The summed E-state index contributed by atoms with van der Waals surface area (Å²) in [5.41, 5.74) is 2.13. The minimum Gasteiger partial charge on any atom is -0.486 e. The van der Waals surface area contributed by atoms with Gasteiger partial charge in [0.1, 0.15) is 25.4 Å². The Morgan fingerprint density at radius 3 is 2.52 bits per heavy atom. The van der Waals surface area contributed by atoms with Gasteiger partial charge in [-0.2, -0.15) is 0 Å². The Balaban J connectivity index is 1.24. The molecule has 1 saturated heterocycles. The van der Waals surface area contributed by atoms with Crippen LogP contribution in [0.2, 0.25) is 0 Å². The van der Waals surface area contributed by atoms with Gasteiger partial charge < -0.3 is 14.4 Å². The minimum atomic E-state index is 0.604. The first-order chi connectivity index (χ1) is 14.4. The lowest BCUT2D eigenvalue weighted by atomic mass is 10.2. The van der Waals surface area contributed by atoms with Gasteiger partial charge in [-0.3, -0.25) is 4.90 Å². The summed E-state index contributed by atoms with van der Waals surface area (Å²) in [5.74, 6) is 3.25. The van der Waals surface area contributed by atoms with E-state index in [1.807, 2.05) is 42.5 Å². The molecule has 0 bridgehead atoms. The van der Waals surface area contributed by atoms with E-state index in [0.717, 1.165) is 67.1 Å². The van der Waals surface area contributed by atoms with Crippen molar-refractivity contribution < 1.29 is 9.47 Å². The molecule has 0 N–H and O–H groups in total. The first-order valence-corrected chi connectivity index (χ1v) is 9.96. The number of para-hydroxylation sites is 1. The molecule has 2 aliphatic heterocycles. The highest BCUT2D eigenvalue weighted by molar-refractivity contribution is 5.65. The summed E-state index contributed by atoms with van der Waals surface area (Å²) in [6.07, 6.45) is 1.61. The zero-order valence-corrected chi connectivity index (χ0v) is 16.2. The second kappa shape index (κ2) is 8.05. The molecule has 3 heterocycles. The molecule has 7 heteroatoms. The topological polar surface area (TPSA) is 63.6 Å². The standard InChI is InChI=1S/C22H23N5O2/c1-2-5-17(6-3-1)22-24-16-23-20(25-22)15-26-9-11-27(12-10-26)18-7-4-8-19-21(18)29-14-13-28-19/h1-8,16H,9-15H2. The van der Waals surface area contributed by atoms with Crippen LogP contribution in [0.1, 0.15) is 5.82 Å². The van der Waals surface area contributed by atoms with Crippen LogP contribution in [-0.2, 0) is 6.54 Å². The van der Waals surface area contributed by atoms with Gasteiger partial charge in [-0.15, -0.1) is 0 Å². The van der Waals surface area contributed by atoms with E-state index in [1.165, 1.54) is 0 Å². The van der Waals surface area contributed by atoms with Gasteiger partial charge in [-0.1, -0.05) is 36.4 Å². The van der Waals surface area contributed by atoms with Crippen LogP contribution in [0.25, 0.3) is 11.4 Å². The van der Waals surface area contributed by atoms with Crippen LogP contribution in [0, 0.1) is 0 Å². The average molecular weight is 389 g/mol. The molecule has 0 aliphatic carbocycles. The van der Waals surface area contributed by atoms with E-state index >= 15 is 0 Å². The molecule has 2 aliphatic rings.